The molecule has 0 aliphatic carbocycles. The molecule has 0 aliphatic heterocycles. The normalized spacial score (nSPS) is 15.2. The Morgan fingerprint density at radius 2 is 1.83 bits per heavy atom. The molecule has 0 saturated carbocycles. The summed E-state index contributed by atoms with van der Waals surface area (Å²) in [6.45, 7) is 10.1. The molecule has 1 aromatic heterocycles. The summed E-state index contributed by atoms with van der Waals surface area (Å²) in [6.07, 6.45) is 0.186. The molecule has 0 aliphatic rings. The summed E-state index contributed by atoms with van der Waals surface area (Å²) in [4.78, 5) is 0. The molecular formula is C17H26N3OPS2. The predicted molar refractivity (Wildman–Crippen MR) is 107 cm³/mol. The third-order valence-electron chi connectivity index (χ3n) is 4.34. The first-order chi connectivity index (χ1) is 11.0. The highest BCUT2D eigenvalue weighted by Gasteiger charge is 2.34. The SMILES string of the molecule is CC(C(O)C(C)(C)Cc1ccccc1)n1ncn(P(C)(C)=S)c1=S. The van der Waals surface area contributed by atoms with Crippen molar-refractivity contribution in [1.29, 1.82) is 0 Å². The zero-order valence-corrected chi connectivity index (χ0v) is 17.4. The Hall–Kier alpha value is -0.810. The number of hydrogen-bond acceptors (Lipinski definition) is 4. The summed E-state index contributed by atoms with van der Waals surface area (Å²) < 4.78 is 4.21. The molecule has 4 nitrogen and oxygen atoms in total. The molecule has 1 N–H and O–H groups in total. The summed E-state index contributed by atoms with van der Waals surface area (Å²) >= 11 is 11.1. The molecule has 0 fully saturated rings. The van der Waals surface area contributed by atoms with Gasteiger partial charge >= 0.3 is 0 Å². The topological polar surface area (TPSA) is 43.0 Å². The lowest BCUT2D eigenvalue weighted by atomic mass is 9.78. The van der Waals surface area contributed by atoms with Crippen LogP contribution in [-0.2, 0) is 18.2 Å². The van der Waals surface area contributed by atoms with Gasteiger partial charge in [0, 0.05) is 6.19 Å². The number of aliphatic hydroxyl groups excluding tert-OH is 1. The Kier molecular flexibility index (Phi) is 5.86. The van der Waals surface area contributed by atoms with E-state index in [1.54, 1.807) is 11.0 Å². The summed E-state index contributed by atoms with van der Waals surface area (Å²) in [5, 5.41) is 15.4. The number of nitrogens with zero attached hydrogens (tertiary/aromatic N) is 3. The summed E-state index contributed by atoms with van der Waals surface area (Å²) in [5.74, 6) is 0. The maximum atomic E-state index is 11.0. The number of rotatable bonds is 6. The van der Waals surface area contributed by atoms with Crippen molar-refractivity contribution in [3.8, 4) is 0 Å². The molecule has 2 aromatic rings. The summed E-state index contributed by atoms with van der Waals surface area (Å²) in [7, 11) is 0. The molecule has 2 atom stereocenters. The van der Waals surface area contributed by atoms with Crippen molar-refractivity contribution >= 4 is 30.2 Å². The van der Waals surface area contributed by atoms with Crippen LogP contribution in [0.2, 0.25) is 0 Å². The molecule has 2 rings (SSSR count). The zero-order valence-electron chi connectivity index (χ0n) is 14.9. The van der Waals surface area contributed by atoms with Gasteiger partial charge in [-0.05, 0) is 49.9 Å². The highest BCUT2D eigenvalue weighted by molar-refractivity contribution is 8.13. The highest BCUT2D eigenvalue weighted by atomic mass is 32.4. The van der Waals surface area contributed by atoms with Gasteiger partial charge in [0.2, 0.25) is 4.77 Å². The highest BCUT2D eigenvalue weighted by Crippen LogP contribution is 2.39. The largest absolute Gasteiger partial charge is 0.390 e. The lowest BCUT2D eigenvalue weighted by molar-refractivity contribution is 0.00779. The Morgan fingerprint density at radius 1 is 1.25 bits per heavy atom. The standard InChI is InChI=1S/C17H26N3OPS2/c1-13(20-16(23)19(12-18-20)22(4,5)24)15(21)17(2,3)11-14-9-7-6-8-10-14/h6-10,12-13,15,21H,11H2,1-5H3. The van der Waals surface area contributed by atoms with Gasteiger partial charge in [0.25, 0.3) is 0 Å². The van der Waals surface area contributed by atoms with Crippen LogP contribution in [0, 0.1) is 10.2 Å². The van der Waals surface area contributed by atoms with E-state index in [4.69, 9.17) is 24.0 Å². The van der Waals surface area contributed by atoms with Gasteiger partial charge < -0.3 is 5.11 Å². The molecule has 1 heterocycles. The molecular weight excluding hydrogens is 357 g/mol. The second kappa shape index (κ2) is 7.20. The van der Waals surface area contributed by atoms with Crippen molar-refractivity contribution in [1.82, 2.24) is 14.1 Å². The predicted octanol–water partition coefficient (Wildman–Crippen LogP) is 4.11. The van der Waals surface area contributed by atoms with Gasteiger partial charge in [0.05, 0.1) is 12.1 Å². The van der Waals surface area contributed by atoms with Gasteiger partial charge in [-0.25, -0.2) is 4.68 Å². The van der Waals surface area contributed by atoms with E-state index in [9.17, 15) is 5.11 Å². The van der Waals surface area contributed by atoms with Crippen LogP contribution in [0.1, 0.15) is 32.4 Å². The summed E-state index contributed by atoms with van der Waals surface area (Å²) in [5.41, 5.74) is 0.901. The first-order valence-electron chi connectivity index (χ1n) is 7.98. The second-order valence-electron chi connectivity index (χ2n) is 7.33. The van der Waals surface area contributed by atoms with E-state index < -0.39 is 12.3 Å². The molecule has 0 bridgehead atoms. The second-order valence-corrected chi connectivity index (χ2v) is 13.4. The van der Waals surface area contributed by atoms with Crippen LogP contribution >= 0.6 is 18.4 Å². The minimum Gasteiger partial charge on any atom is -0.390 e. The lowest BCUT2D eigenvalue weighted by Gasteiger charge is -2.34. The lowest BCUT2D eigenvalue weighted by Crippen LogP contribution is -2.38. The van der Waals surface area contributed by atoms with Crippen LogP contribution < -0.4 is 0 Å². The number of aromatic nitrogens is 3. The van der Waals surface area contributed by atoms with Crippen LogP contribution in [0.3, 0.4) is 0 Å². The van der Waals surface area contributed by atoms with Gasteiger partial charge in [-0.3, -0.25) is 4.34 Å². The van der Waals surface area contributed by atoms with Crippen molar-refractivity contribution in [3.05, 3.63) is 47.0 Å². The van der Waals surface area contributed by atoms with E-state index in [0.29, 0.717) is 4.77 Å². The molecule has 132 valence electrons. The minimum absolute atomic E-state index is 0.223. The first kappa shape index (κ1) is 19.5. The molecule has 2 unspecified atom stereocenters. The number of aliphatic hydroxyl groups is 1. The van der Waals surface area contributed by atoms with Gasteiger partial charge in [-0.1, -0.05) is 56.0 Å². The van der Waals surface area contributed by atoms with E-state index >= 15 is 0 Å². The Balaban J connectivity index is 2.26. The maximum absolute atomic E-state index is 11.0. The average molecular weight is 384 g/mol. The first-order valence-corrected chi connectivity index (χ1v) is 12.0. The molecule has 7 heteroatoms. The maximum Gasteiger partial charge on any atom is 0.201 e. The van der Waals surface area contributed by atoms with Gasteiger partial charge in [0.1, 0.15) is 6.33 Å². The van der Waals surface area contributed by atoms with E-state index in [1.807, 2.05) is 42.8 Å². The fourth-order valence-electron chi connectivity index (χ4n) is 2.93. The smallest absolute Gasteiger partial charge is 0.201 e. The molecule has 1 aromatic carbocycles. The van der Waals surface area contributed by atoms with Crippen molar-refractivity contribution in [3.63, 3.8) is 0 Å². The third kappa shape index (κ3) is 4.23. The summed E-state index contributed by atoms with van der Waals surface area (Å²) in [6, 6.07) is 10.00. The number of hydrogen-bond donors (Lipinski definition) is 1. The van der Waals surface area contributed by atoms with Crippen LogP contribution in [0.25, 0.3) is 0 Å². The molecule has 0 saturated heterocycles. The van der Waals surface area contributed by atoms with Crippen molar-refractivity contribution < 1.29 is 5.11 Å². The molecule has 24 heavy (non-hydrogen) atoms. The van der Waals surface area contributed by atoms with E-state index in [0.717, 1.165) is 6.42 Å². The minimum atomic E-state index is -1.72. The van der Waals surface area contributed by atoms with Crippen LogP contribution in [-0.4, -0.2) is 38.7 Å². The zero-order chi connectivity index (χ0) is 18.1. The van der Waals surface area contributed by atoms with Gasteiger partial charge in [-0.2, -0.15) is 5.10 Å². The van der Waals surface area contributed by atoms with Gasteiger partial charge in [-0.15, -0.1) is 0 Å². The number of benzene rings is 1. The fraction of sp³-hybridized carbons (Fsp3) is 0.529. The van der Waals surface area contributed by atoms with Crippen molar-refractivity contribution in [2.24, 2.45) is 5.41 Å². The van der Waals surface area contributed by atoms with Crippen LogP contribution in [0.4, 0.5) is 0 Å². The fourth-order valence-corrected chi connectivity index (χ4v) is 5.12. The van der Waals surface area contributed by atoms with E-state index in [-0.39, 0.29) is 11.5 Å². The van der Waals surface area contributed by atoms with E-state index in [1.165, 1.54) is 5.56 Å². The van der Waals surface area contributed by atoms with Crippen LogP contribution in [0.15, 0.2) is 36.7 Å². The monoisotopic (exact) mass is 383 g/mol. The quantitative estimate of drug-likeness (QED) is 0.602. The van der Waals surface area contributed by atoms with E-state index in [2.05, 4.69) is 31.1 Å². The Bertz CT molecular complexity index is 792. The molecule has 0 amide bonds. The van der Waals surface area contributed by atoms with Crippen LogP contribution in [0.5, 0.6) is 0 Å². The van der Waals surface area contributed by atoms with Crippen molar-refractivity contribution in [2.45, 2.75) is 39.3 Å². The molecule has 0 radical (unpaired) electrons. The van der Waals surface area contributed by atoms with Gasteiger partial charge in [0.15, 0.2) is 0 Å². The average Bonchev–Trinajstić information content (AvgIpc) is 2.88. The Labute approximate surface area is 154 Å². The molecule has 0 spiro atoms. The third-order valence-corrected chi connectivity index (χ3v) is 6.72. The Morgan fingerprint density at radius 3 is 2.33 bits per heavy atom. The van der Waals surface area contributed by atoms with Crippen molar-refractivity contribution in [2.75, 3.05) is 13.3 Å².